The molecule has 0 aliphatic heterocycles. The second kappa shape index (κ2) is 4.70. The van der Waals surface area contributed by atoms with Gasteiger partial charge in [-0.05, 0) is 24.6 Å². The molecular weight excluding hydrogens is 216 g/mol. The van der Waals surface area contributed by atoms with Gasteiger partial charge in [-0.1, -0.05) is 44.2 Å². The highest BCUT2D eigenvalue weighted by Gasteiger charge is 2.50. The van der Waals surface area contributed by atoms with Gasteiger partial charge in [-0.25, -0.2) is 0 Å². The van der Waals surface area contributed by atoms with E-state index in [4.69, 9.17) is 4.43 Å². The maximum absolute atomic E-state index is 11.0. The van der Waals surface area contributed by atoms with Crippen molar-refractivity contribution in [2.45, 2.75) is 32.2 Å². The molecular formula is C13H22O2Si. The standard InChI is InChI=1S/C13H22O2Si/c1-11(2)13(14,16(4,5)15-3)12-9-7-6-8-10-12/h6-11,14H,1-5H3. The maximum Gasteiger partial charge on any atom is 0.223 e. The molecule has 0 saturated heterocycles. The maximum atomic E-state index is 11.0. The van der Waals surface area contributed by atoms with E-state index in [-0.39, 0.29) is 5.92 Å². The Hall–Kier alpha value is -0.643. The van der Waals surface area contributed by atoms with E-state index in [0.717, 1.165) is 5.56 Å². The molecule has 0 aliphatic carbocycles. The van der Waals surface area contributed by atoms with Crippen LogP contribution in [-0.4, -0.2) is 20.5 Å². The lowest BCUT2D eigenvalue weighted by atomic mass is 9.98. The van der Waals surface area contributed by atoms with Crippen molar-refractivity contribution in [3.05, 3.63) is 35.9 Å². The molecule has 0 fully saturated rings. The van der Waals surface area contributed by atoms with Crippen molar-refractivity contribution in [1.82, 2.24) is 0 Å². The third-order valence-corrected chi connectivity index (χ3v) is 7.20. The predicted octanol–water partition coefficient (Wildman–Crippen LogP) is 2.92. The average Bonchev–Trinajstić information content (AvgIpc) is 2.28. The average molecular weight is 238 g/mol. The van der Waals surface area contributed by atoms with E-state index in [9.17, 15) is 5.11 Å². The summed E-state index contributed by atoms with van der Waals surface area (Å²) < 4.78 is 5.61. The molecule has 1 aromatic rings. The molecule has 0 aliphatic rings. The van der Waals surface area contributed by atoms with Crippen LogP contribution in [0.1, 0.15) is 19.4 Å². The third kappa shape index (κ3) is 2.07. The molecule has 2 nitrogen and oxygen atoms in total. The number of hydrogen-bond acceptors (Lipinski definition) is 2. The number of aliphatic hydroxyl groups is 1. The minimum absolute atomic E-state index is 0.136. The lowest BCUT2D eigenvalue weighted by molar-refractivity contribution is 0.0439. The summed E-state index contributed by atoms with van der Waals surface area (Å²) in [5, 5.41) is 10.2. The lowest BCUT2D eigenvalue weighted by Gasteiger charge is -2.43. The fraction of sp³-hybridized carbons (Fsp3) is 0.538. The van der Waals surface area contributed by atoms with Gasteiger partial charge in [0.1, 0.15) is 5.22 Å². The number of hydrogen-bond donors (Lipinski definition) is 1. The molecule has 1 unspecified atom stereocenters. The summed E-state index contributed by atoms with van der Waals surface area (Å²) in [5.74, 6) is 0.136. The topological polar surface area (TPSA) is 29.5 Å². The van der Waals surface area contributed by atoms with Gasteiger partial charge in [0.25, 0.3) is 0 Å². The van der Waals surface area contributed by atoms with Crippen LogP contribution in [0.2, 0.25) is 13.1 Å². The number of benzene rings is 1. The first kappa shape index (κ1) is 13.4. The zero-order valence-corrected chi connectivity index (χ0v) is 11.8. The van der Waals surface area contributed by atoms with E-state index in [1.54, 1.807) is 7.11 Å². The Morgan fingerprint density at radius 1 is 1.19 bits per heavy atom. The monoisotopic (exact) mass is 238 g/mol. The van der Waals surface area contributed by atoms with E-state index in [0.29, 0.717) is 0 Å². The summed E-state index contributed by atoms with van der Waals surface area (Å²) in [4.78, 5) is 0. The van der Waals surface area contributed by atoms with Gasteiger partial charge in [0.15, 0.2) is 0 Å². The van der Waals surface area contributed by atoms with E-state index in [1.165, 1.54) is 0 Å². The smallest absolute Gasteiger partial charge is 0.223 e. The van der Waals surface area contributed by atoms with E-state index in [1.807, 2.05) is 44.2 Å². The van der Waals surface area contributed by atoms with Crippen LogP contribution in [0, 0.1) is 5.92 Å². The van der Waals surface area contributed by atoms with Gasteiger partial charge in [0, 0.05) is 7.11 Å². The van der Waals surface area contributed by atoms with Crippen molar-refractivity contribution in [2.24, 2.45) is 5.92 Å². The van der Waals surface area contributed by atoms with Crippen molar-refractivity contribution in [1.29, 1.82) is 0 Å². The molecule has 90 valence electrons. The van der Waals surface area contributed by atoms with Crippen LogP contribution >= 0.6 is 0 Å². The normalized spacial score (nSPS) is 16.2. The van der Waals surface area contributed by atoms with Gasteiger partial charge in [-0.3, -0.25) is 0 Å². The molecule has 1 aromatic carbocycles. The first-order chi connectivity index (χ1) is 7.36. The summed E-state index contributed by atoms with van der Waals surface area (Å²) >= 11 is 0. The van der Waals surface area contributed by atoms with E-state index >= 15 is 0 Å². The Morgan fingerprint density at radius 3 is 2.06 bits per heavy atom. The van der Waals surface area contributed by atoms with Crippen molar-refractivity contribution in [3.63, 3.8) is 0 Å². The van der Waals surface area contributed by atoms with Crippen LogP contribution in [0.4, 0.5) is 0 Å². The minimum atomic E-state index is -2.18. The Morgan fingerprint density at radius 2 is 1.69 bits per heavy atom. The second-order valence-corrected chi connectivity index (χ2v) is 9.19. The molecule has 0 spiro atoms. The molecule has 1 rings (SSSR count). The molecule has 0 radical (unpaired) electrons. The number of rotatable bonds is 4. The van der Waals surface area contributed by atoms with Gasteiger partial charge < -0.3 is 9.53 Å². The first-order valence-electron chi connectivity index (χ1n) is 5.69. The fourth-order valence-corrected chi connectivity index (χ4v) is 4.79. The van der Waals surface area contributed by atoms with Crippen molar-refractivity contribution < 1.29 is 9.53 Å². The van der Waals surface area contributed by atoms with Gasteiger partial charge in [0.2, 0.25) is 8.32 Å². The van der Waals surface area contributed by atoms with Crippen molar-refractivity contribution >= 4 is 8.32 Å². The molecule has 16 heavy (non-hydrogen) atoms. The van der Waals surface area contributed by atoms with Crippen LogP contribution in [-0.2, 0) is 9.65 Å². The first-order valence-corrected chi connectivity index (χ1v) is 8.60. The summed E-state index contributed by atoms with van der Waals surface area (Å²) in [5.41, 5.74) is 0.962. The van der Waals surface area contributed by atoms with Crippen molar-refractivity contribution in [2.75, 3.05) is 7.11 Å². The lowest BCUT2D eigenvalue weighted by Crippen LogP contribution is -2.56. The minimum Gasteiger partial charge on any atom is -0.417 e. The summed E-state index contributed by atoms with van der Waals surface area (Å²) in [6, 6.07) is 9.85. The zero-order valence-electron chi connectivity index (χ0n) is 10.8. The van der Waals surface area contributed by atoms with Crippen LogP contribution in [0.3, 0.4) is 0 Å². The van der Waals surface area contributed by atoms with Crippen molar-refractivity contribution in [3.8, 4) is 0 Å². The molecule has 0 bridgehead atoms. The molecule has 0 aromatic heterocycles. The Bertz CT molecular complexity index is 335. The van der Waals surface area contributed by atoms with Crippen LogP contribution < -0.4 is 0 Å². The Labute approximate surface area is 99.4 Å². The summed E-state index contributed by atoms with van der Waals surface area (Å²) in [6.07, 6.45) is 0. The SMILES string of the molecule is CO[Si](C)(C)C(O)(c1ccccc1)C(C)C. The molecule has 0 amide bonds. The fourth-order valence-electron chi connectivity index (χ4n) is 2.22. The predicted molar refractivity (Wildman–Crippen MR) is 69.7 cm³/mol. The third-order valence-electron chi connectivity index (χ3n) is 3.48. The van der Waals surface area contributed by atoms with Crippen LogP contribution in [0.15, 0.2) is 30.3 Å². The molecule has 1 N–H and O–H groups in total. The Balaban J connectivity index is 3.28. The van der Waals surface area contributed by atoms with Gasteiger partial charge in [-0.15, -0.1) is 0 Å². The molecule has 3 heteroatoms. The largest absolute Gasteiger partial charge is 0.417 e. The summed E-state index contributed by atoms with van der Waals surface area (Å²) in [6.45, 7) is 8.20. The molecule has 0 saturated carbocycles. The van der Waals surface area contributed by atoms with Gasteiger partial charge in [-0.2, -0.15) is 0 Å². The molecule has 1 atom stereocenters. The van der Waals surface area contributed by atoms with E-state index < -0.39 is 13.5 Å². The summed E-state index contributed by atoms with van der Waals surface area (Å²) in [7, 11) is -0.482. The van der Waals surface area contributed by atoms with Crippen LogP contribution in [0.5, 0.6) is 0 Å². The zero-order chi connectivity index (χ0) is 12.4. The molecule has 0 heterocycles. The Kier molecular flexibility index (Phi) is 3.94. The van der Waals surface area contributed by atoms with E-state index in [2.05, 4.69) is 13.1 Å². The quantitative estimate of drug-likeness (QED) is 0.817. The highest BCUT2D eigenvalue weighted by atomic mass is 28.4. The highest BCUT2D eigenvalue weighted by molar-refractivity contribution is 6.73. The van der Waals surface area contributed by atoms with Gasteiger partial charge >= 0.3 is 0 Å². The van der Waals surface area contributed by atoms with Gasteiger partial charge in [0.05, 0.1) is 0 Å². The highest BCUT2D eigenvalue weighted by Crippen LogP contribution is 2.38. The van der Waals surface area contributed by atoms with Crippen LogP contribution in [0.25, 0.3) is 0 Å². The second-order valence-electron chi connectivity index (χ2n) is 5.00.